The molecule has 0 aliphatic heterocycles. The summed E-state index contributed by atoms with van der Waals surface area (Å²) in [5, 5.41) is 0. The number of hydrogen-bond acceptors (Lipinski definition) is 2. The third kappa shape index (κ3) is 5.57. The number of nitrogens with two attached hydrogens (primary N) is 1. The molecule has 0 fully saturated rings. The molecule has 1 aromatic rings. The molecule has 0 saturated carbocycles. The van der Waals surface area contributed by atoms with E-state index in [2.05, 4.69) is 0 Å². The van der Waals surface area contributed by atoms with Crippen LogP contribution in [0.25, 0.3) is 0 Å². The topological polar surface area (TPSA) is 29.3 Å². The summed E-state index contributed by atoms with van der Waals surface area (Å²) in [6.45, 7) is 1.16. The van der Waals surface area contributed by atoms with Gasteiger partial charge in [-0.2, -0.15) is 13.2 Å². The first kappa shape index (κ1) is 15.9. The Morgan fingerprint density at radius 1 is 1.26 bits per heavy atom. The molecule has 0 radical (unpaired) electrons. The average molecular weight is 278 g/mol. The summed E-state index contributed by atoms with van der Waals surface area (Å²) in [5.41, 5.74) is 6.15. The van der Waals surface area contributed by atoms with Gasteiger partial charge in [-0.05, 0) is 19.0 Å². The fourth-order valence-electron chi connectivity index (χ4n) is 1.86. The first-order valence-electron chi connectivity index (χ1n) is 6.12. The third-order valence-corrected chi connectivity index (χ3v) is 2.91. The van der Waals surface area contributed by atoms with E-state index in [9.17, 15) is 17.6 Å². The number of alkyl halides is 3. The van der Waals surface area contributed by atoms with E-state index in [1.165, 1.54) is 11.0 Å². The minimum Gasteiger partial charge on any atom is -0.324 e. The van der Waals surface area contributed by atoms with Crippen LogP contribution >= 0.6 is 0 Å². The Morgan fingerprint density at radius 3 is 2.42 bits per heavy atom. The molecule has 0 spiro atoms. The van der Waals surface area contributed by atoms with Crippen LogP contribution in [-0.2, 0) is 0 Å². The van der Waals surface area contributed by atoms with Gasteiger partial charge in [-0.15, -0.1) is 0 Å². The van der Waals surface area contributed by atoms with Gasteiger partial charge < -0.3 is 5.73 Å². The Bertz CT molecular complexity index is 392. The zero-order chi connectivity index (χ0) is 14.5. The number of halogens is 4. The molecule has 2 nitrogen and oxygen atoms in total. The zero-order valence-corrected chi connectivity index (χ0v) is 10.8. The minimum atomic E-state index is -4.22. The summed E-state index contributed by atoms with van der Waals surface area (Å²) >= 11 is 0. The van der Waals surface area contributed by atoms with E-state index in [-0.39, 0.29) is 19.5 Å². The van der Waals surface area contributed by atoms with Crippen molar-refractivity contribution < 1.29 is 17.6 Å². The van der Waals surface area contributed by atoms with Crippen LogP contribution in [-0.4, -0.2) is 30.7 Å². The van der Waals surface area contributed by atoms with E-state index in [0.717, 1.165) is 0 Å². The fourth-order valence-corrected chi connectivity index (χ4v) is 1.86. The predicted molar refractivity (Wildman–Crippen MR) is 66.1 cm³/mol. The molecular weight excluding hydrogens is 260 g/mol. The second kappa shape index (κ2) is 6.86. The van der Waals surface area contributed by atoms with Gasteiger partial charge in [0.25, 0.3) is 0 Å². The molecule has 1 aromatic carbocycles. The SMILES string of the molecule is CCN(CCC(N)c1ccccc1F)CC(F)(F)F. The van der Waals surface area contributed by atoms with E-state index in [0.29, 0.717) is 5.56 Å². The van der Waals surface area contributed by atoms with Crippen LogP contribution in [0.4, 0.5) is 17.6 Å². The largest absolute Gasteiger partial charge is 0.401 e. The van der Waals surface area contributed by atoms with Gasteiger partial charge in [-0.1, -0.05) is 25.1 Å². The standard InChI is InChI=1S/C13H18F4N2/c1-2-19(9-13(15,16)17)8-7-12(18)10-5-3-4-6-11(10)14/h3-6,12H,2,7-9,18H2,1H3. The lowest BCUT2D eigenvalue weighted by molar-refractivity contribution is -0.145. The lowest BCUT2D eigenvalue weighted by Crippen LogP contribution is -2.36. The van der Waals surface area contributed by atoms with E-state index < -0.39 is 24.6 Å². The number of benzene rings is 1. The highest BCUT2D eigenvalue weighted by Gasteiger charge is 2.30. The van der Waals surface area contributed by atoms with Crippen molar-refractivity contribution in [3.8, 4) is 0 Å². The van der Waals surface area contributed by atoms with Gasteiger partial charge in [0.05, 0.1) is 6.54 Å². The van der Waals surface area contributed by atoms with E-state index in [4.69, 9.17) is 5.73 Å². The van der Waals surface area contributed by atoms with E-state index >= 15 is 0 Å². The van der Waals surface area contributed by atoms with Crippen molar-refractivity contribution >= 4 is 0 Å². The van der Waals surface area contributed by atoms with Crippen molar-refractivity contribution in [2.75, 3.05) is 19.6 Å². The molecule has 0 saturated heterocycles. The van der Waals surface area contributed by atoms with Crippen LogP contribution in [0.15, 0.2) is 24.3 Å². The molecule has 0 heterocycles. The highest BCUT2D eigenvalue weighted by molar-refractivity contribution is 5.20. The second-order valence-corrected chi connectivity index (χ2v) is 4.40. The van der Waals surface area contributed by atoms with Gasteiger partial charge >= 0.3 is 6.18 Å². The zero-order valence-electron chi connectivity index (χ0n) is 10.8. The van der Waals surface area contributed by atoms with E-state index in [1.807, 2.05) is 0 Å². The maximum atomic E-state index is 13.4. The van der Waals surface area contributed by atoms with Crippen LogP contribution in [0.2, 0.25) is 0 Å². The van der Waals surface area contributed by atoms with Crippen molar-refractivity contribution in [1.82, 2.24) is 4.90 Å². The summed E-state index contributed by atoms with van der Waals surface area (Å²) in [6.07, 6.45) is -3.94. The molecule has 19 heavy (non-hydrogen) atoms. The Balaban J connectivity index is 2.53. The molecule has 1 rings (SSSR count). The van der Waals surface area contributed by atoms with Gasteiger partial charge in [0.15, 0.2) is 0 Å². The van der Waals surface area contributed by atoms with Crippen molar-refractivity contribution in [1.29, 1.82) is 0 Å². The first-order valence-corrected chi connectivity index (χ1v) is 6.12. The minimum absolute atomic E-state index is 0.186. The fraction of sp³-hybridized carbons (Fsp3) is 0.538. The Kier molecular flexibility index (Phi) is 5.75. The molecule has 2 N–H and O–H groups in total. The lowest BCUT2D eigenvalue weighted by Gasteiger charge is -2.23. The smallest absolute Gasteiger partial charge is 0.324 e. The van der Waals surface area contributed by atoms with Crippen molar-refractivity contribution in [3.05, 3.63) is 35.6 Å². The number of nitrogens with zero attached hydrogens (tertiary/aromatic N) is 1. The maximum Gasteiger partial charge on any atom is 0.401 e. The number of rotatable bonds is 6. The summed E-state index contributed by atoms with van der Waals surface area (Å²) in [7, 11) is 0. The Labute approximate surface area is 110 Å². The molecule has 0 amide bonds. The van der Waals surface area contributed by atoms with Crippen molar-refractivity contribution in [2.45, 2.75) is 25.6 Å². The van der Waals surface area contributed by atoms with Gasteiger partial charge in [-0.3, -0.25) is 4.90 Å². The summed E-state index contributed by atoms with van der Waals surface area (Å²) in [5.74, 6) is -0.422. The Hall–Kier alpha value is -1.14. The van der Waals surface area contributed by atoms with Gasteiger partial charge in [0.2, 0.25) is 0 Å². The Morgan fingerprint density at radius 2 is 1.89 bits per heavy atom. The van der Waals surface area contributed by atoms with Crippen LogP contribution in [0.1, 0.15) is 24.9 Å². The van der Waals surface area contributed by atoms with Crippen molar-refractivity contribution in [3.63, 3.8) is 0 Å². The van der Waals surface area contributed by atoms with E-state index in [1.54, 1.807) is 25.1 Å². The van der Waals surface area contributed by atoms with Crippen LogP contribution in [0.5, 0.6) is 0 Å². The highest BCUT2D eigenvalue weighted by atomic mass is 19.4. The molecule has 6 heteroatoms. The molecular formula is C13H18F4N2. The van der Waals surface area contributed by atoms with Crippen molar-refractivity contribution in [2.24, 2.45) is 5.73 Å². The van der Waals surface area contributed by atoms with Gasteiger partial charge in [0, 0.05) is 18.2 Å². The molecule has 1 unspecified atom stereocenters. The lowest BCUT2D eigenvalue weighted by atomic mass is 10.0. The molecule has 0 aromatic heterocycles. The summed E-state index contributed by atoms with van der Waals surface area (Å²) in [6, 6.07) is 5.46. The van der Waals surface area contributed by atoms with Gasteiger partial charge in [-0.25, -0.2) is 4.39 Å². The predicted octanol–water partition coefficient (Wildman–Crippen LogP) is 3.10. The van der Waals surface area contributed by atoms with Crippen LogP contribution in [0.3, 0.4) is 0 Å². The van der Waals surface area contributed by atoms with Crippen LogP contribution < -0.4 is 5.73 Å². The second-order valence-electron chi connectivity index (χ2n) is 4.40. The van der Waals surface area contributed by atoms with Crippen LogP contribution in [0, 0.1) is 5.82 Å². The third-order valence-electron chi connectivity index (χ3n) is 2.91. The highest BCUT2D eigenvalue weighted by Crippen LogP contribution is 2.20. The summed E-state index contributed by atoms with van der Waals surface area (Å²) < 4.78 is 50.3. The molecule has 0 bridgehead atoms. The molecule has 1 atom stereocenters. The first-order chi connectivity index (χ1) is 8.83. The molecule has 0 aliphatic rings. The monoisotopic (exact) mass is 278 g/mol. The normalized spacial score (nSPS) is 13.8. The summed E-state index contributed by atoms with van der Waals surface area (Å²) in [4.78, 5) is 1.25. The van der Waals surface area contributed by atoms with Gasteiger partial charge in [0.1, 0.15) is 5.82 Å². The maximum absolute atomic E-state index is 13.4. The quantitative estimate of drug-likeness (QED) is 0.810. The average Bonchev–Trinajstić information content (AvgIpc) is 2.33. The number of hydrogen-bond donors (Lipinski definition) is 1. The molecule has 0 aliphatic carbocycles. The molecule has 108 valence electrons.